The molecule has 0 saturated carbocycles. The van der Waals surface area contributed by atoms with Crippen LogP contribution in [0.15, 0.2) is 24.5 Å². The molecular weight excluding hydrogens is 262 g/mol. The number of fused-ring (bicyclic) bond motifs is 1. The lowest BCUT2D eigenvalue weighted by Crippen LogP contribution is -2.07. The summed E-state index contributed by atoms with van der Waals surface area (Å²) in [4.78, 5) is 8.95. The van der Waals surface area contributed by atoms with Crippen LogP contribution in [0.5, 0.6) is 5.75 Å². The number of ether oxygens (including phenoxy) is 1. The monoisotopic (exact) mass is 283 g/mol. The van der Waals surface area contributed by atoms with Crippen molar-refractivity contribution in [3.8, 4) is 17.0 Å². The summed E-state index contributed by atoms with van der Waals surface area (Å²) in [6.07, 6.45) is 2.62. The Kier molecular flexibility index (Phi) is 3.78. The Morgan fingerprint density at radius 2 is 2.14 bits per heavy atom. The summed E-state index contributed by atoms with van der Waals surface area (Å²) in [5.74, 6) is 2.31. The number of nitrogens with zero attached hydrogens (tertiary/aromatic N) is 2. The van der Waals surface area contributed by atoms with Crippen LogP contribution < -0.4 is 10.1 Å². The highest BCUT2D eigenvalue weighted by Gasteiger charge is 2.18. The van der Waals surface area contributed by atoms with E-state index in [1.54, 1.807) is 6.33 Å². The van der Waals surface area contributed by atoms with Crippen molar-refractivity contribution in [2.45, 2.75) is 33.1 Å². The minimum absolute atomic E-state index is 0.361. The quantitative estimate of drug-likeness (QED) is 0.930. The molecule has 1 N–H and O–H groups in total. The first-order valence-electron chi connectivity index (χ1n) is 7.55. The Balaban J connectivity index is 2.11. The Morgan fingerprint density at radius 1 is 1.29 bits per heavy atom. The fourth-order valence-corrected chi connectivity index (χ4v) is 2.81. The molecule has 0 unspecified atom stereocenters. The molecule has 1 aliphatic heterocycles. The molecule has 2 heterocycles. The van der Waals surface area contributed by atoms with Crippen LogP contribution >= 0.6 is 0 Å². The highest BCUT2D eigenvalue weighted by molar-refractivity contribution is 5.70. The van der Waals surface area contributed by atoms with Gasteiger partial charge < -0.3 is 10.1 Å². The normalized spacial score (nSPS) is 13.1. The number of benzene rings is 1. The maximum Gasteiger partial charge on any atom is 0.133 e. The third-order valence-corrected chi connectivity index (χ3v) is 3.77. The standard InChI is InChI=1S/C17H21N3O/c1-4-18-17-15(11(2)3)16(19-10-20-17)13-5-6-14-12(9-13)7-8-21-14/h5-6,9-11H,4,7-8H2,1-3H3,(H,18,19,20). The molecule has 0 bridgehead atoms. The van der Waals surface area contributed by atoms with E-state index in [2.05, 4.69) is 54.3 Å². The van der Waals surface area contributed by atoms with E-state index in [1.807, 2.05) is 0 Å². The summed E-state index contributed by atoms with van der Waals surface area (Å²) in [6, 6.07) is 6.34. The Bertz CT molecular complexity index is 652. The molecule has 4 heteroatoms. The van der Waals surface area contributed by atoms with Gasteiger partial charge in [-0.05, 0) is 36.6 Å². The van der Waals surface area contributed by atoms with Gasteiger partial charge in [-0.2, -0.15) is 0 Å². The van der Waals surface area contributed by atoms with Crippen LogP contribution in [0.1, 0.15) is 37.8 Å². The molecule has 2 aromatic rings. The second-order valence-electron chi connectivity index (χ2n) is 5.59. The highest BCUT2D eigenvalue weighted by Crippen LogP contribution is 2.35. The Labute approximate surface area is 125 Å². The third-order valence-electron chi connectivity index (χ3n) is 3.77. The van der Waals surface area contributed by atoms with Crippen molar-refractivity contribution in [3.05, 3.63) is 35.7 Å². The van der Waals surface area contributed by atoms with Crippen LogP contribution in [0.3, 0.4) is 0 Å². The second-order valence-corrected chi connectivity index (χ2v) is 5.59. The van der Waals surface area contributed by atoms with Crippen molar-refractivity contribution in [2.24, 2.45) is 0 Å². The minimum atomic E-state index is 0.361. The molecule has 0 amide bonds. The maximum absolute atomic E-state index is 5.58. The summed E-state index contributed by atoms with van der Waals surface area (Å²) in [5, 5.41) is 3.34. The van der Waals surface area contributed by atoms with E-state index in [0.29, 0.717) is 5.92 Å². The van der Waals surface area contributed by atoms with Gasteiger partial charge in [0.25, 0.3) is 0 Å². The number of hydrogen-bond donors (Lipinski definition) is 1. The molecule has 4 nitrogen and oxygen atoms in total. The predicted molar refractivity (Wildman–Crippen MR) is 84.9 cm³/mol. The molecule has 0 fully saturated rings. The van der Waals surface area contributed by atoms with Crippen LogP contribution in [0.2, 0.25) is 0 Å². The first-order chi connectivity index (χ1) is 10.2. The zero-order valence-corrected chi connectivity index (χ0v) is 12.8. The zero-order chi connectivity index (χ0) is 14.8. The zero-order valence-electron chi connectivity index (χ0n) is 12.8. The molecule has 1 aromatic carbocycles. The van der Waals surface area contributed by atoms with Gasteiger partial charge in [0, 0.05) is 24.1 Å². The van der Waals surface area contributed by atoms with Crippen molar-refractivity contribution < 1.29 is 4.74 Å². The number of nitrogens with one attached hydrogen (secondary N) is 1. The lowest BCUT2D eigenvalue weighted by Gasteiger charge is -2.17. The van der Waals surface area contributed by atoms with Crippen LogP contribution in [0.4, 0.5) is 5.82 Å². The highest BCUT2D eigenvalue weighted by atomic mass is 16.5. The molecule has 1 aliphatic rings. The Morgan fingerprint density at radius 3 is 2.90 bits per heavy atom. The molecule has 1 aromatic heterocycles. The Hall–Kier alpha value is -2.10. The van der Waals surface area contributed by atoms with Gasteiger partial charge in [-0.3, -0.25) is 0 Å². The molecule has 21 heavy (non-hydrogen) atoms. The molecule has 0 saturated heterocycles. The van der Waals surface area contributed by atoms with Gasteiger partial charge in [0.05, 0.1) is 12.3 Å². The van der Waals surface area contributed by atoms with E-state index in [0.717, 1.165) is 42.4 Å². The molecule has 0 spiro atoms. The second kappa shape index (κ2) is 5.72. The van der Waals surface area contributed by atoms with E-state index in [4.69, 9.17) is 4.74 Å². The average molecular weight is 283 g/mol. The number of anilines is 1. The lowest BCUT2D eigenvalue weighted by molar-refractivity contribution is 0.357. The number of rotatable bonds is 4. The smallest absolute Gasteiger partial charge is 0.133 e. The van der Waals surface area contributed by atoms with Gasteiger partial charge in [0.15, 0.2) is 0 Å². The largest absolute Gasteiger partial charge is 0.493 e. The SMILES string of the molecule is CCNc1ncnc(-c2ccc3c(c2)CCO3)c1C(C)C. The average Bonchev–Trinajstić information content (AvgIpc) is 2.94. The van der Waals surface area contributed by atoms with Crippen molar-refractivity contribution in [1.82, 2.24) is 9.97 Å². The van der Waals surface area contributed by atoms with Crippen molar-refractivity contribution >= 4 is 5.82 Å². The van der Waals surface area contributed by atoms with E-state index in [9.17, 15) is 0 Å². The summed E-state index contributed by atoms with van der Waals surface area (Å²) in [6.45, 7) is 8.08. The first kappa shape index (κ1) is 13.9. The lowest BCUT2D eigenvalue weighted by atomic mass is 9.96. The molecule has 0 atom stereocenters. The first-order valence-corrected chi connectivity index (χ1v) is 7.55. The molecule has 110 valence electrons. The van der Waals surface area contributed by atoms with Gasteiger partial charge in [0.2, 0.25) is 0 Å². The summed E-state index contributed by atoms with van der Waals surface area (Å²) in [7, 11) is 0. The molecule has 0 aliphatic carbocycles. The summed E-state index contributed by atoms with van der Waals surface area (Å²) >= 11 is 0. The van der Waals surface area contributed by atoms with Crippen molar-refractivity contribution in [3.63, 3.8) is 0 Å². The van der Waals surface area contributed by atoms with Gasteiger partial charge in [-0.1, -0.05) is 13.8 Å². The van der Waals surface area contributed by atoms with Crippen LogP contribution in [-0.2, 0) is 6.42 Å². The van der Waals surface area contributed by atoms with E-state index < -0.39 is 0 Å². The van der Waals surface area contributed by atoms with Crippen molar-refractivity contribution in [2.75, 3.05) is 18.5 Å². The topological polar surface area (TPSA) is 47.0 Å². The molecule has 3 rings (SSSR count). The van der Waals surface area contributed by atoms with Gasteiger partial charge >= 0.3 is 0 Å². The van der Waals surface area contributed by atoms with Gasteiger partial charge in [-0.25, -0.2) is 9.97 Å². The van der Waals surface area contributed by atoms with Crippen LogP contribution in [-0.4, -0.2) is 23.1 Å². The van der Waals surface area contributed by atoms with Gasteiger partial charge in [0.1, 0.15) is 17.9 Å². The number of aromatic nitrogens is 2. The van der Waals surface area contributed by atoms with E-state index >= 15 is 0 Å². The van der Waals surface area contributed by atoms with E-state index in [-0.39, 0.29) is 0 Å². The third kappa shape index (κ3) is 2.58. The summed E-state index contributed by atoms with van der Waals surface area (Å²) in [5.41, 5.74) is 4.61. The van der Waals surface area contributed by atoms with Gasteiger partial charge in [-0.15, -0.1) is 0 Å². The van der Waals surface area contributed by atoms with E-state index in [1.165, 1.54) is 11.1 Å². The molecular formula is C17H21N3O. The predicted octanol–water partition coefficient (Wildman–Crippen LogP) is 3.63. The van der Waals surface area contributed by atoms with Crippen LogP contribution in [0.25, 0.3) is 11.3 Å². The number of hydrogen-bond acceptors (Lipinski definition) is 4. The summed E-state index contributed by atoms with van der Waals surface area (Å²) < 4.78 is 5.58. The van der Waals surface area contributed by atoms with Crippen LogP contribution in [0, 0.1) is 0 Å². The molecule has 0 radical (unpaired) electrons. The van der Waals surface area contributed by atoms with Crippen molar-refractivity contribution in [1.29, 1.82) is 0 Å². The maximum atomic E-state index is 5.58. The fraction of sp³-hybridized carbons (Fsp3) is 0.412. The fourth-order valence-electron chi connectivity index (χ4n) is 2.81. The minimum Gasteiger partial charge on any atom is -0.493 e.